The van der Waals surface area contributed by atoms with Gasteiger partial charge in [0.2, 0.25) is 0 Å². The number of amides is 2. The fourth-order valence-electron chi connectivity index (χ4n) is 4.40. The molecule has 0 spiro atoms. The van der Waals surface area contributed by atoms with E-state index in [1.54, 1.807) is 24.3 Å². The normalized spacial score (nSPS) is 14.4. The van der Waals surface area contributed by atoms with Crippen LogP contribution >= 0.6 is 0 Å². The van der Waals surface area contributed by atoms with E-state index >= 15 is 0 Å². The molecule has 1 heterocycles. The van der Waals surface area contributed by atoms with E-state index in [1.165, 1.54) is 0 Å². The van der Waals surface area contributed by atoms with Crippen LogP contribution in [0, 0.1) is 21.4 Å². The van der Waals surface area contributed by atoms with Gasteiger partial charge in [-0.2, -0.15) is 0 Å². The van der Waals surface area contributed by atoms with Gasteiger partial charge < -0.3 is 10.6 Å². The molecule has 3 aromatic rings. The molecule has 0 unspecified atom stereocenters. The van der Waals surface area contributed by atoms with Gasteiger partial charge in [0.15, 0.2) is 5.96 Å². The Hall–Kier alpha value is -3.98. The third kappa shape index (κ3) is 6.77. The first kappa shape index (κ1) is 24.2. The van der Waals surface area contributed by atoms with Gasteiger partial charge in [-0.1, -0.05) is 54.6 Å². The number of nitrogens with one attached hydrogen (secondary N) is 4. The highest BCUT2D eigenvalue weighted by molar-refractivity contribution is 5.94. The molecular weight excluding hydrogens is 444 g/mol. The quantitative estimate of drug-likeness (QED) is 0.178. The maximum Gasteiger partial charge on any atom is 0.321 e. The van der Waals surface area contributed by atoms with Crippen molar-refractivity contribution in [1.29, 1.82) is 5.41 Å². The fraction of sp³-hybridized carbons (Fsp3) is 0.308. The highest BCUT2D eigenvalue weighted by Gasteiger charge is 2.20. The van der Waals surface area contributed by atoms with E-state index in [4.69, 9.17) is 5.41 Å². The van der Waals surface area contributed by atoms with Crippen LogP contribution in [0.1, 0.15) is 24.0 Å². The van der Waals surface area contributed by atoms with Crippen LogP contribution in [-0.2, 0) is 13.1 Å². The number of carbonyl (C=O) groups excluding carboxylic acids is 1. The summed E-state index contributed by atoms with van der Waals surface area (Å²) in [6, 6.07) is 20.4. The Morgan fingerprint density at radius 1 is 1.00 bits per heavy atom. The van der Waals surface area contributed by atoms with Crippen molar-refractivity contribution < 1.29 is 9.72 Å². The number of piperidine rings is 1. The van der Waals surface area contributed by atoms with Crippen LogP contribution in [0.2, 0.25) is 0 Å². The summed E-state index contributed by atoms with van der Waals surface area (Å²) in [5.74, 6) is 0.347. The first-order valence-corrected chi connectivity index (χ1v) is 11.8. The zero-order chi connectivity index (χ0) is 24.6. The Bertz CT molecular complexity index is 1180. The number of urea groups is 1. The SMILES string of the molecule is N=C(NCc1cccc2ccccc12)NC(=O)NCC1CCN(Cc2ccc([N+](=O)[O-])cc2)CC1. The van der Waals surface area contributed by atoms with E-state index in [9.17, 15) is 14.9 Å². The monoisotopic (exact) mass is 474 g/mol. The number of nitrogens with zero attached hydrogens (tertiary/aromatic N) is 2. The number of hydrogen-bond acceptors (Lipinski definition) is 5. The molecule has 9 heteroatoms. The topological polar surface area (TPSA) is 123 Å². The van der Waals surface area contributed by atoms with E-state index in [0.717, 1.165) is 54.4 Å². The van der Waals surface area contributed by atoms with E-state index in [0.29, 0.717) is 19.0 Å². The van der Waals surface area contributed by atoms with Gasteiger partial charge in [-0.3, -0.25) is 25.7 Å². The molecule has 35 heavy (non-hydrogen) atoms. The van der Waals surface area contributed by atoms with Crippen molar-refractivity contribution in [3.05, 3.63) is 88.0 Å². The zero-order valence-electron chi connectivity index (χ0n) is 19.5. The van der Waals surface area contributed by atoms with Gasteiger partial charge in [0.05, 0.1) is 4.92 Å². The van der Waals surface area contributed by atoms with Gasteiger partial charge >= 0.3 is 6.03 Å². The van der Waals surface area contributed by atoms with E-state index < -0.39 is 0 Å². The number of hydrogen-bond donors (Lipinski definition) is 4. The van der Waals surface area contributed by atoms with Crippen molar-refractivity contribution in [2.75, 3.05) is 19.6 Å². The molecule has 1 saturated heterocycles. The summed E-state index contributed by atoms with van der Waals surface area (Å²) < 4.78 is 0. The minimum Gasteiger partial charge on any atom is -0.352 e. The average Bonchev–Trinajstić information content (AvgIpc) is 2.87. The maximum absolute atomic E-state index is 12.2. The van der Waals surface area contributed by atoms with Gasteiger partial charge in [-0.15, -0.1) is 0 Å². The predicted octanol–water partition coefficient (Wildman–Crippen LogP) is 3.98. The van der Waals surface area contributed by atoms with Crippen molar-refractivity contribution in [3.63, 3.8) is 0 Å². The van der Waals surface area contributed by atoms with Crippen LogP contribution in [0.25, 0.3) is 10.8 Å². The molecule has 0 aromatic heterocycles. The minimum atomic E-state index is -0.388. The standard InChI is InChI=1S/C26H30N6O3/c27-25(28-17-22-6-3-5-21-4-1-2-7-24(21)22)30-26(33)29-16-19-12-14-31(15-13-19)18-20-8-10-23(11-9-20)32(34)35/h1-11,19H,12-18H2,(H4,27,28,29,30,33). The van der Waals surface area contributed by atoms with Crippen LogP contribution in [0.5, 0.6) is 0 Å². The Labute approximate surface area is 204 Å². The molecule has 4 N–H and O–H groups in total. The lowest BCUT2D eigenvalue weighted by molar-refractivity contribution is -0.384. The predicted molar refractivity (Wildman–Crippen MR) is 136 cm³/mol. The molecule has 1 fully saturated rings. The number of non-ortho nitro benzene ring substituents is 1. The number of carbonyl (C=O) groups is 1. The lowest BCUT2D eigenvalue weighted by Gasteiger charge is -2.32. The molecule has 0 radical (unpaired) electrons. The summed E-state index contributed by atoms with van der Waals surface area (Å²) in [6.07, 6.45) is 1.92. The Kier molecular flexibility index (Phi) is 7.89. The van der Waals surface area contributed by atoms with Gasteiger partial charge in [-0.25, -0.2) is 4.79 Å². The lowest BCUT2D eigenvalue weighted by Crippen LogP contribution is -2.47. The molecule has 0 bridgehead atoms. The first-order chi connectivity index (χ1) is 17.0. The van der Waals surface area contributed by atoms with Crippen LogP contribution in [0.3, 0.4) is 0 Å². The molecule has 2 amide bonds. The second-order valence-corrected chi connectivity index (χ2v) is 8.84. The van der Waals surface area contributed by atoms with Crippen LogP contribution in [-0.4, -0.2) is 41.4 Å². The van der Waals surface area contributed by atoms with Crippen molar-refractivity contribution >= 4 is 28.5 Å². The molecule has 182 valence electrons. The van der Waals surface area contributed by atoms with Crippen molar-refractivity contribution in [2.24, 2.45) is 5.92 Å². The zero-order valence-corrected chi connectivity index (χ0v) is 19.5. The number of fused-ring (bicyclic) bond motifs is 1. The Morgan fingerprint density at radius 2 is 1.71 bits per heavy atom. The van der Waals surface area contributed by atoms with Crippen molar-refractivity contribution in [1.82, 2.24) is 20.9 Å². The fourth-order valence-corrected chi connectivity index (χ4v) is 4.40. The second-order valence-electron chi connectivity index (χ2n) is 8.84. The third-order valence-electron chi connectivity index (χ3n) is 6.39. The summed E-state index contributed by atoms with van der Waals surface area (Å²) in [7, 11) is 0. The molecule has 9 nitrogen and oxygen atoms in total. The number of rotatable bonds is 7. The minimum absolute atomic E-state index is 0.0339. The number of nitro groups is 1. The van der Waals surface area contributed by atoms with Crippen LogP contribution in [0.15, 0.2) is 66.7 Å². The Morgan fingerprint density at radius 3 is 2.46 bits per heavy atom. The van der Waals surface area contributed by atoms with Gasteiger partial charge in [0, 0.05) is 31.8 Å². The second kappa shape index (κ2) is 11.4. The summed E-state index contributed by atoms with van der Waals surface area (Å²) in [5.41, 5.74) is 2.23. The van der Waals surface area contributed by atoms with Crippen LogP contribution in [0.4, 0.5) is 10.5 Å². The van der Waals surface area contributed by atoms with Gasteiger partial charge in [-0.05, 0) is 53.7 Å². The molecule has 3 aromatic carbocycles. The van der Waals surface area contributed by atoms with Gasteiger partial charge in [0.25, 0.3) is 5.69 Å². The summed E-state index contributed by atoms with van der Waals surface area (Å²) >= 11 is 0. The highest BCUT2D eigenvalue weighted by Crippen LogP contribution is 2.20. The van der Waals surface area contributed by atoms with Gasteiger partial charge in [0.1, 0.15) is 0 Å². The number of nitro benzene ring substituents is 1. The van der Waals surface area contributed by atoms with Crippen molar-refractivity contribution in [3.8, 4) is 0 Å². The van der Waals surface area contributed by atoms with Crippen LogP contribution < -0.4 is 16.0 Å². The largest absolute Gasteiger partial charge is 0.352 e. The number of benzene rings is 3. The average molecular weight is 475 g/mol. The maximum atomic E-state index is 12.2. The number of guanidine groups is 1. The molecular formula is C26H30N6O3. The molecule has 0 atom stereocenters. The highest BCUT2D eigenvalue weighted by atomic mass is 16.6. The van der Waals surface area contributed by atoms with E-state index in [-0.39, 0.29) is 22.6 Å². The summed E-state index contributed by atoms with van der Waals surface area (Å²) in [4.78, 5) is 25.0. The van der Waals surface area contributed by atoms with E-state index in [2.05, 4.69) is 33.0 Å². The molecule has 4 rings (SSSR count). The summed E-state index contributed by atoms with van der Waals surface area (Å²) in [6.45, 7) is 3.60. The number of likely N-dealkylation sites (tertiary alicyclic amines) is 1. The smallest absolute Gasteiger partial charge is 0.321 e. The lowest BCUT2D eigenvalue weighted by atomic mass is 9.96. The van der Waals surface area contributed by atoms with E-state index in [1.807, 2.05) is 30.3 Å². The van der Waals surface area contributed by atoms with Crippen molar-refractivity contribution in [2.45, 2.75) is 25.9 Å². The molecule has 0 aliphatic carbocycles. The molecule has 0 saturated carbocycles. The Balaban J connectivity index is 1.14. The third-order valence-corrected chi connectivity index (χ3v) is 6.39. The molecule has 1 aliphatic heterocycles. The molecule has 1 aliphatic rings. The first-order valence-electron chi connectivity index (χ1n) is 11.8. The summed E-state index contributed by atoms with van der Waals surface area (Å²) in [5, 5.41) is 29.5.